The molecular weight excluding hydrogens is 508 g/mol. The van der Waals surface area contributed by atoms with Crippen molar-refractivity contribution in [2.45, 2.75) is 98.8 Å². The van der Waals surface area contributed by atoms with E-state index in [1.54, 1.807) is 0 Å². The van der Waals surface area contributed by atoms with Crippen molar-refractivity contribution in [3.63, 3.8) is 0 Å². The molecule has 0 heterocycles. The quantitative estimate of drug-likeness (QED) is 0.244. The molecule has 4 aromatic rings. The Kier molecular flexibility index (Phi) is 10.4. The molecule has 2 N–H and O–H groups in total. The van der Waals surface area contributed by atoms with Crippen LogP contribution in [0.1, 0.15) is 99.3 Å². The van der Waals surface area contributed by atoms with E-state index in [0.717, 1.165) is 22.7 Å². The van der Waals surface area contributed by atoms with Crippen molar-refractivity contribution in [1.82, 2.24) is 0 Å². The highest BCUT2D eigenvalue weighted by molar-refractivity contribution is 5.61. The van der Waals surface area contributed by atoms with E-state index < -0.39 is 0 Å². The summed E-state index contributed by atoms with van der Waals surface area (Å²) in [5.74, 6) is 0. The zero-order chi connectivity index (χ0) is 31.2. The zero-order valence-corrected chi connectivity index (χ0v) is 28.0. The number of benzene rings is 4. The van der Waals surface area contributed by atoms with Gasteiger partial charge in [0.15, 0.2) is 0 Å². The molecule has 224 valence electrons. The first-order valence-electron chi connectivity index (χ1n) is 15.3. The van der Waals surface area contributed by atoms with Gasteiger partial charge in [0.2, 0.25) is 0 Å². The van der Waals surface area contributed by atoms with Crippen LogP contribution in [0.25, 0.3) is 0 Å². The first kappa shape index (κ1) is 33.0. The third-order valence-corrected chi connectivity index (χ3v) is 7.49. The van der Waals surface area contributed by atoms with Gasteiger partial charge in [0.25, 0.3) is 0 Å². The number of rotatable bonds is 6. The van der Waals surface area contributed by atoms with Crippen molar-refractivity contribution in [3.05, 3.63) is 120 Å². The van der Waals surface area contributed by atoms with Crippen LogP contribution in [0.3, 0.4) is 0 Å². The van der Waals surface area contributed by atoms with Gasteiger partial charge in [-0.25, -0.2) is 0 Å². The summed E-state index contributed by atoms with van der Waals surface area (Å²) < 4.78 is 0. The van der Waals surface area contributed by atoms with Gasteiger partial charge in [-0.2, -0.15) is 0 Å². The standard InChI is InChI=1S/2C20H27N/c1-19(2,3)15-7-11-17(12-8-15)21-18-13-9-16(10-14-18)20(4,5)6;1-19(2,3)15-20(4,5)16-11-13-18(14-12-16)21-17-9-7-6-8-10-17/h7-14,21H,1-6H3;6-14,21H,15H2,1-5H3. The monoisotopic (exact) mass is 562 g/mol. The minimum Gasteiger partial charge on any atom is -0.356 e. The van der Waals surface area contributed by atoms with Gasteiger partial charge < -0.3 is 10.6 Å². The van der Waals surface area contributed by atoms with E-state index in [4.69, 9.17) is 0 Å². The molecule has 0 spiro atoms. The van der Waals surface area contributed by atoms with E-state index >= 15 is 0 Å². The predicted octanol–water partition coefficient (Wildman–Crippen LogP) is 12.2. The molecule has 0 amide bonds. The second-order valence-electron chi connectivity index (χ2n) is 15.5. The fourth-order valence-corrected chi connectivity index (χ4v) is 5.39. The molecule has 2 nitrogen and oxygen atoms in total. The Hall–Kier alpha value is -3.52. The maximum atomic E-state index is 3.46. The molecule has 0 unspecified atom stereocenters. The molecule has 0 bridgehead atoms. The molecule has 0 saturated heterocycles. The number of anilines is 4. The van der Waals surface area contributed by atoms with Gasteiger partial charge in [-0.05, 0) is 93.3 Å². The Labute approximate surface area is 257 Å². The molecule has 4 aromatic carbocycles. The molecule has 0 saturated carbocycles. The number of hydrogen-bond donors (Lipinski definition) is 2. The van der Waals surface area contributed by atoms with Crippen molar-refractivity contribution in [2.24, 2.45) is 5.41 Å². The summed E-state index contributed by atoms with van der Waals surface area (Å²) in [5, 5.41) is 6.89. The van der Waals surface area contributed by atoms with Crippen LogP contribution >= 0.6 is 0 Å². The van der Waals surface area contributed by atoms with Crippen molar-refractivity contribution in [1.29, 1.82) is 0 Å². The summed E-state index contributed by atoms with van der Waals surface area (Å²) in [5.41, 5.74) is 9.57. The van der Waals surface area contributed by atoms with E-state index in [1.807, 2.05) is 18.2 Å². The van der Waals surface area contributed by atoms with Crippen LogP contribution in [0.4, 0.5) is 22.7 Å². The maximum Gasteiger partial charge on any atom is 0.0384 e. The van der Waals surface area contributed by atoms with Crippen LogP contribution in [-0.4, -0.2) is 0 Å². The predicted molar refractivity (Wildman–Crippen MR) is 187 cm³/mol. The molecule has 0 fully saturated rings. The lowest BCUT2D eigenvalue weighted by molar-refractivity contribution is 0.284. The molecule has 4 rings (SSSR count). The Morgan fingerprint density at radius 1 is 0.381 bits per heavy atom. The van der Waals surface area contributed by atoms with Crippen molar-refractivity contribution in [2.75, 3.05) is 10.6 Å². The Morgan fingerprint density at radius 2 is 0.690 bits per heavy atom. The third-order valence-electron chi connectivity index (χ3n) is 7.49. The fourth-order valence-electron chi connectivity index (χ4n) is 5.39. The van der Waals surface area contributed by atoms with Crippen molar-refractivity contribution >= 4 is 22.7 Å². The molecule has 0 radical (unpaired) electrons. The van der Waals surface area contributed by atoms with Crippen LogP contribution < -0.4 is 10.6 Å². The second kappa shape index (κ2) is 13.2. The van der Waals surface area contributed by atoms with Crippen LogP contribution in [-0.2, 0) is 16.2 Å². The maximum absolute atomic E-state index is 3.46. The number of hydrogen-bond acceptors (Lipinski definition) is 2. The summed E-state index contributed by atoms with van der Waals surface area (Å²) in [4.78, 5) is 0. The van der Waals surface area contributed by atoms with E-state index in [2.05, 4.69) is 172 Å². The van der Waals surface area contributed by atoms with Gasteiger partial charge >= 0.3 is 0 Å². The number of para-hydroxylation sites is 1. The van der Waals surface area contributed by atoms with Crippen LogP contribution in [0, 0.1) is 5.41 Å². The Balaban J connectivity index is 0.000000230. The lowest BCUT2D eigenvalue weighted by Crippen LogP contribution is -2.24. The Bertz CT molecular complexity index is 1300. The van der Waals surface area contributed by atoms with Crippen molar-refractivity contribution in [3.8, 4) is 0 Å². The summed E-state index contributed by atoms with van der Waals surface area (Å²) in [6.07, 6.45) is 1.17. The summed E-state index contributed by atoms with van der Waals surface area (Å²) in [6, 6.07) is 36.5. The van der Waals surface area contributed by atoms with Gasteiger partial charge in [-0.3, -0.25) is 0 Å². The molecule has 0 atom stereocenters. The lowest BCUT2D eigenvalue weighted by atomic mass is 9.72. The first-order valence-corrected chi connectivity index (χ1v) is 15.3. The molecule has 0 aromatic heterocycles. The van der Waals surface area contributed by atoms with E-state index in [-0.39, 0.29) is 16.2 Å². The normalized spacial score (nSPS) is 12.3. The van der Waals surface area contributed by atoms with Gasteiger partial charge in [0.05, 0.1) is 0 Å². The first-order chi connectivity index (χ1) is 19.4. The molecule has 2 heteroatoms. The summed E-state index contributed by atoms with van der Waals surface area (Å²) in [6.45, 7) is 25.0. The topological polar surface area (TPSA) is 24.1 Å². The minimum atomic E-state index is 0.198. The van der Waals surface area contributed by atoms with Gasteiger partial charge in [-0.15, -0.1) is 0 Å². The highest BCUT2D eigenvalue weighted by Gasteiger charge is 2.27. The summed E-state index contributed by atoms with van der Waals surface area (Å²) >= 11 is 0. The van der Waals surface area contributed by atoms with E-state index in [1.165, 1.54) is 23.1 Å². The van der Waals surface area contributed by atoms with E-state index in [9.17, 15) is 0 Å². The van der Waals surface area contributed by atoms with Crippen LogP contribution in [0.2, 0.25) is 0 Å². The smallest absolute Gasteiger partial charge is 0.0384 e. The third kappa shape index (κ3) is 10.4. The number of nitrogens with one attached hydrogen (secondary N) is 2. The molecule has 42 heavy (non-hydrogen) atoms. The molecular formula is C40H54N2. The molecule has 0 aliphatic carbocycles. The average molecular weight is 563 g/mol. The highest BCUT2D eigenvalue weighted by atomic mass is 14.9. The lowest BCUT2D eigenvalue weighted by Gasteiger charge is -2.33. The minimum absolute atomic E-state index is 0.198. The van der Waals surface area contributed by atoms with Crippen LogP contribution in [0.5, 0.6) is 0 Å². The Morgan fingerprint density at radius 3 is 1.00 bits per heavy atom. The van der Waals surface area contributed by atoms with E-state index in [0.29, 0.717) is 5.41 Å². The largest absolute Gasteiger partial charge is 0.356 e. The fraction of sp³-hybridized carbons (Fsp3) is 0.400. The SMILES string of the molecule is CC(C)(C)CC(C)(C)c1ccc(Nc2ccccc2)cc1.CC(C)(C)c1ccc(Nc2ccc(C(C)(C)C)cc2)cc1. The molecule has 0 aliphatic heterocycles. The summed E-state index contributed by atoms with van der Waals surface area (Å²) in [7, 11) is 0. The molecule has 0 aliphatic rings. The van der Waals surface area contributed by atoms with Crippen LogP contribution in [0.15, 0.2) is 103 Å². The zero-order valence-electron chi connectivity index (χ0n) is 28.0. The van der Waals surface area contributed by atoms with Gasteiger partial charge in [-0.1, -0.05) is 131 Å². The van der Waals surface area contributed by atoms with Gasteiger partial charge in [0.1, 0.15) is 0 Å². The highest BCUT2D eigenvalue weighted by Crippen LogP contribution is 2.36. The average Bonchev–Trinajstić information content (AvgIpc) is 2.88. The second-order valence-corrected chi connectivity index (χ2v) is 15.5. The van der Waals surface area contributed by atoms with Gasteiger partial charge in [0, 0.05) is 22.7 Å². The van der Waals surface area contributed by atoms with Crippen molar-refractivity contribution < 1.29 is 0 Å².